The van der Waals surface area contributed by atoms with Crippen LogP contribution in [0.25, 0.3) is 0 Å². The molecule has 6 heteroatoms. The topological polar surface area (TPSA) is 51.2 Å². The minimum atomic E-state index is -0.364. The molecule has 1 spiro atoms. The third-order valence-electron chi connectivity index (χ3n) is 6.58. The average Bonchev–Trinajstić information content (AvgIpc) is 3.37. The van der Waals surface area contributed by atoms with Crippen LogP contribution in [-0.4, -0.2) is 63.5 Å². The van der Waals surface area contributed by atoms with Crippen molar-refractivity contribution < 1.29 is 19.0 Å². The van der Waals surface area contributed by atoms with Gasteiger partial charge in [0.25, 0.3) is 5.91 Å². The van der Waals surface area contributed by atoms with Gasteiger partial charge in [0.05, 0.1) is 26.9 Å². The molecule has 0 N–H and O–H groups in total. The van der Waals surface area contributed by atoms with E-state index in [1.165, 1.54) is 16.8 Å². The number of carbonyl (C=O) groups excluding carboxylic acids is 1. The summed E-state index contributed by atoms with van der Waals surface area (Å²) in [6, 6.07) is 16.8. The van der Waals surface area contributed by atoms with Crippen molar-refractivity contribution in [3.63, 3.8) is 0 Å². The molecule has 1 amide bonds. The van der Waals surface area contributed by atoms with E-state index in [4.69, 9.17) is 14.2 Å². The van der Waals surface area contributed by atoms with Gasteiger partial charge < -0.3 is 24.0 Å². The molecule has 0 saturated carbocycles. The fraction of sp³-hybridized carbons (Fsp3) is 0.458. The monoisotopic (exact) mass is 408 g/mol. The van der Waals surface area contributed by atoms with Gasteiger partial charge in [0.2, 0.25) is 0 Å². The lowest BCUT2D eigenvalue weighted by molar-refractivity contribution is -0.144. The molecule has 0 unspecified atom stereocenters. The lowest BCUT2D eigenvalue weighted by Gasteiger charge is -2.29. The van der Waals surface area contributed by atoms with Crippen molar-refractivity contribution in [3.05, 3.63) is 59.7 Å². The lowest BCUT2D eigenvalue weighted by Crippen LogP contribution is -2.46. The van der Waals surface area contributed by atoms with Gasteiger partial charge in [-0.15, -0.1) is 0 Å². The SMILES string of the molecule is COc1ccc(CN2C[C@]3(CO[C@H](C(=O)N4CCOCC4)C3)c3ccccc32)cc1. The summed E-state index contributed by atoms with van der Waals surface area (Å²) >= 11 is 0. The van der Waals surface area contributed by atoms with Crippen LogP contribution in [0.2, 0.25) is 0 Å². The Morgan fingerprint density at radius 3 is 2.67 bits per heavy atom. The van der Waals surface area contributed by atoms with Crippen molar-refractivity contribution in [1.82, 2.24) is 4.90 Å². The minimum Gasteiger partial charge on any atom is -0.497 e. The molecular formula is C24H28N2O4. The molecule has 3 heterocycles. The molecule has 0 aromatic heterocycles. The average molecular weight is 408 g/mol. The van der Waals surface area contributed by atoms with E-state index in [0.717, 1.165) is 25.3 Å². The highest BCUT2D eigenvalue weighted by atomic mass is 16.5. The Morgan fingerprint density at radius 2 is 1.90 bits per heavy atom. The third-order valence-corrected chi connectivity index (χ3v) is 6.58. The van der Waals surface area contributed by atoms with Crippen molar-refractivity contribution in [2.24, 2.45) is 0 Å². The molecule has 30 heavy (non-hydrogen) atoms. The van der Waals surface area contributed by atoms with Crippen LogP contribution in [0.5, 0.6) is 5.75 Å². The lowest BCUT2D eigenvalue weighted by atomic mass is 9.80. The van der Waals surface area contributed by atoms with E-state index in [0.29, 0.717) is 32.9 Å². The largest absolute Gasteiger partial charge is 0.497 e. The van der Waals surface area contributed by atoms with Crippen LogP contribution < -0.4 is 9.64 Å². The van der Waals surface area contributed by atoms with E-state index in [9.17, 15) is 4.79 Å². The van der Waals surface area contributed by atoms with E-state index >= 15 is 0 Å². The van der Waals surface area contributed by atoms with Crippen LogP contribution >= 0.6 is 0 Å². The Morgan fingerprint density at radius 1 is 1.13 bits per heavy atom. The number of hydrogen-bond acceptors (Lipinski definition) is 5. The van der Waals surface area contributed by atoms with Gasteiger partial charge >= 0.3 is 0 Å². The van der Waals surface area contributed by atoms with Crippen LogP contribution in [0.3, 0.4) is 0 Å². The first-order valence-electron chi connectivity index (χ1n) is 10.6. The van der Waals surface area contributed by atoms with Crippen LogP contribution in [0.4, 0.5) is 5.69 Å². The highest BCUT2D eigenvalue weighted by molar-refractivity contribution is 5.82. The predicted molar refractivity (Wildman–Crippen MR) is 114 cm³/mol. The molecule has 3 aliphatic rings. The zero-order valence-corrected chi connectivity index (χ0v) is 17.4. The Labute approximate surface area is 177 Å². The molecule has 0 radical (unpaired) electrons. The van der Waals surface area contributed by atoms with Crippen LogP contribution in [0.15, 0.2) is 48.5 Å². The molecule has 6 nitrogen and oxygen atoms in total. The summed E-state index contributed by atoms with van der Waals surface area (Å²) < 4.78 is 16.8. The normalized spacial score (nSPS) is 25.6. The van der Waals surface area contributed by atoms with Gasteiger partial charge in [-0.05, 0) is 35.7 Å². The number of rotatable bonds is 4. The molecule has 2 saturated heterocycles. The number of amides is 1. The van der Waals surface area contributed by atoms with Crippen LogP contribution in [-0.2, 0) is 26.2 Å². The maximum Gasteiger partial charge on any atom is 0.251 e. The summed E-state index contributed by atoms with van der Waals surface area (Å²) in [5, 5.41) is 0. The van der Waals surface area contributed by atoms with E-state index in [2.05, 4.69) is 41.3 Å². The number of fused-ring (bicyclic) bond motifs is 2. The fourth-order valence-electron chi connectivity index (χ4n) is 5.00. The minimum absolute atomic E-state index is 0.112. The maximum absolute atomic E-state index is 13.0. The molecule has 2 atom stereocenters. The van der Waals surface area contributed by atoms with Crippen molar-refractivity contribution in [2.75, 3.05) is 51.5 Å². The van der Waals surface area contributed by atoms with Gasteiger partial charge in [-0.1, -0.05) is 30.3 Å². The number of morpholine rings is 1. The highest BCUT2D eigenvalue weighted by Crippen LogP contribution is 2.48. The molecule has 3 aliphatic heterocycles. The van der Waals surface area contributed by atoms with Crippen LogP contribution in [0.1, 0.15) is 17.5 Å². The number of anilines is 1. The fourth-order valence-corrected chi connectivity index (χ4v) is 5.00. The maximum atomic E-state index is 13.0. The number of ether oxygens (including phenoxy) is 3. The summed E-state index contributed by atoms with van der Waals surface area (Å²) in [4.78, 5) is 17.3. The summed E-state index contributed by atoms with van der Waals surface area (Å²) in [7, 11) is 1.68. The molecule has 0 aliphatic carbocycles. The molecule has 158 valence electrons. The van der Waals surface area contributed by atoms with Gasteiger partial charge in [-0.25, -0.2) is 0 Å². The van der Waals surface area contributed by atoms with Gasteiger partial charge in [-0.3, -0.25) is 4.79 Å². The number of nitrogens with zero attached hydrogens (tertiary/aromatic N) is 2. The predicted octanol–water partition coefficient (Wildman–Crippen LogP) is 2.60. The smallest absolute Gasteiger partial charge is 0.251 e. The summed E-state index contributed by atoms with van der Waals surface area (Å²) in [5.41, 5.74) is 3.66. The standard InChI is InChI=1S/C24H28N2O4/c1-28-19-8-6-18(7-9-19)15-26-16-24(20-4-2-3-5-21(20)26)14-22(30-17-24)23(27)25-10-12-29-13-11-25/h2-9,22H,10-17H2,1H3/t22-,24+/m0/s1. The second-order valence-electron chi connectivity index (χ2n) is 8.44. The second kappa shape index (κ2) is 7.93. The summed E-state index contributed by atoms with van der Waals surface area (Å²) in [5.74, 6) is 0.979. The van der Waals surface area contributed by atoms with Crippen LogP contribution in [0, 0.1) is 0 Å². The molecule has 0 bridgehead atoms. The quantitative estimate of drug-likeness (QED) is 0.779. The first kappa shape index (κ1) is 19.4. The number of benzene rings is 2. The summed E-state index contributed by atoms with van der Waals surface area (Å²) in [6.07, 6.45) is 0.372. The molecule has 2 fully saturated rings. The number of methoxy groups -OCH3 is 1. The number of carbonyl (C=O) groups is 1. The Bertz CT molecular complexity index is 910. The van der Waals surface area contributed by atoms with E-state index in [1.54, 1.807) is 7.11 Å². The van der Waals surface area contributed by atoms with E-state index < -0.39 is 0 Å². The third kappa shape index (κ3) is 3.44. The van der Waals surface area contributed by atoms with Crippen molar-refractivity contribution >= 4 is 11.6 Å². The zero-order chi connectivity index (χ0) is 20.6. The van der Waals surface area contributed by atoms with Gasteiger partial charge in [0.15, 0.2) is 0 Å². The highest BCUT2D eigenvalue weighted by Gasteiger charge is 2.50. The Kier molecular flexibility index (Phi) is 5.13. The first-order valence-corrected chi connectivity index (χ1v) is 10.6. The first-order chi connectivity index (χ1) is 14.7. The second-order valence-corrected chi connectivity index (χ2v) is 8.44. The zero-order valence-electron chi connectivity index (χ0n) is 17.4. The van der Waals surface area contributed by atoms with E-state index in [1.807, 2.05) is 17.0 Å². The molecule has 5 rings (SSSR count). The van der Waals surface area contributed by atoms with Crippen molar-refractivity contribution in [3.8, 4) is 5.75 Å². The molecule has 2 aromatic rings. The van der Waals surface area contributed by atoms with Gasteiger partial charge in [0.1, 0.15) is 11.9 Å². The molecule has 2 aromatic carbocycles. The van der Waals surface area contributed by atoms with Crippen molar-refractivity contribution in [2.45, 2.75) is 24.5 Å². The number of hydrogen-bond donors (Lipinski definition) is 0. The Hall–Kier alpha value is -2.57. The number of para-hydroxylation sites is 1. The molecular weight excluding hydrogens is 380 g/mol. The Balaban J connectivity index is 1.35. The summed E-state index contributed by atoms with van der Waals surface area (Å²) in [6.45, 7) is 4.82. The van der Waals surface area contributed by atoms with Gasteiger partial charge in [0, 0.05) is 37.3 Å². The van der Waals surface area contributed by atoms with Crippen molar-refractivity contribution in [1.29, 1.82) is 0 Å². The van der Waals surface area contributed by atoms with Gasteiger partial charge in [-0.2, -0.15) is 0 Å². The van der Waals surface area contributed by atoms with E-state index in [-0.39, 0.29) is 17.4 Å².